The largest absolute Gasteiger partial charge is 0.377 e. The van der Waals surface area contributed by atoms with Crippen LogP contribution in [-0.4, -0.2) is 62.7 Å². The zero-order chi connectivity index (χ0) is 20.9. The zero-order valence-corrected chi connectivity index (χ0v) is 17.5. The highest BCUT2D eigenvalue weighted by atomic mass is 35.5. The number of piperidine rings is 1. The van der Waals surface area contributed by atoms with Crippen molar-refractivity contribution in [2.45, 2.75) is 44.2 Å². The van der Waals surface area contributed by atoms with E-state index in [0.29, 0.717) is 11.6 Å². The molecule has 5 rings (SSSR count). The Hall–Kier alpha value is -2.03. The highest BCUT2D eigenvalue weighted by Crippen LogP contribution is 2.38. The van der Waals surface area contributed by atoms with Gasteiger partial charge in [-0.05, 0) is 56.5 Å². The van der Waals surface area contributed by atoms with Gasteiger partial charge in [-0.25, -0.2) is 13.5 Å². The predicted molar refractivity (Wildman–Crippen MR) is 111 cm³/mol. The van der Waals surface area contributed by atoms with Gasteiger partial charge in [0.15, 0.2) is 0 Å². The summed E-state index contributed by atoms with van der Waals surface area (Å²) >= 11 is 6.65. The first kappa shape index (κ1) is 19.9. The Morgan fingerprint density at radius 2 is 1.97 bits per heavy atom. The van der Waals surface area contributed by atoms with E-state index in [9.17, 15) is 8.78 Å². The van der Waals surface area contributed by atoms with Gasteiger partial charge >= 0.3 is 0 Å². The number of nitrogens with zero attached hydrogens (tertiary/aromatic N) is 5. The van der Waals surface area contributed by atoms with Crippen molar-refractivity contribution in [2.75, 3.05) is 26.3 Å². The molecule has 0 aliphatic carbocycles. The first-order valence-electron chi connectivity index (χ1n) is 10.2. The molecule has 2 saturated heterocycles. The summed E-state index contributed by atoms with van der Waals surface area (Å²) in [6.07, 6.45) is 4.53. The van der Waals surface area contributed by atoms with Gasteiger partial charge in [0.25, 0.3) is 6.43 Å². The van der Waals surface area contributed by atoms with Crippen molar-refractivity contribution in [3.8, 4) is 5.69 Å². The van der Waals surface area contributed by atoms with Gasteiger partial charge in [0.05, 0.1) is 42.9 Å². The Morgan fingerprint density at radius 1 is 1.20 bits per heavy atom. The molecule has 160 valence electrons. The number of ether oxygens (including phenoxy) is 1. The highest BCUT2D eigenvalue weighted by Gasteiger charge is 2.41. The Labute approximate surface area is 178 Å². The highest BCUT2D eigenvalue weighted by molar-refractivity contribution is 6.32. The maximum Gasteiger partial charge on any atom is 0.257 e. The second kappa shape index (κ2) is 7.59. The second-order valence-electron chi connectivity index (χ2n) is 8.55. The average Bonchev–Trinajstić information content (AvgIpc) is 3.31. The average molecular weight is 436 g/mol. The van der Waals surface area contributed by atoms with Crippen LogP contribution in [0, 0.1) is 0 Å². The molecule has 0 spiro atoms. The fourth-order valence-electron chi connectivity index (χ4n) is 4.59. The third-order valence-electron chi connectivity index (χ3n) is 6.40. The standard InChI is InChI=1S/C21H24ClF2N5O/c1-21(12-30-13-21)27-4-2-14(3-5-27)17-7-19-15(6-18(17)22)8-26-29(19)16-9-25-28(10-16)11-20(23)24/h6-10,14,20H,2-5,11-13H2,1H3. The minimum absolute atomic E-state index is 0.176. The van der Waals surface area contributed by atoms with Gasteiger partial charge in [-0.1, -0.05) is 11.6 Å². The van der Waals surface area contributed by atoms with Crippen LogP contribution in [0.4, 0.5) is 8.78 Å². The minimum atomic E-state index is -2.45. The fourth-order valence-corrected chi connectivity index (χ4v) is 4.92. The van der Waals surface area contributed by atoms with Crippen molar-refractivity contribution in [3.63, 3.8) is 0 Å². The third-order valence-corrected chi connectivity index (χ3v) is 6.73. The van der Waals surface area contributed by atoms with Crippen molar-refractivity contribution < 1.29 is 13.5 Å². The lowest BCUT2D eigenvalue weighted by atomic mass is 9.86. The maximum absolute atomic E-state index is 12.6. The van der Waals surface area contributed by atoms with Gasteiger partial charge in [0.2, 0.25) is 0 Å². The number of likely N-dealkylation sites (tertiary alicyclic amines) is 1. The second-order valence-corrected chi connectivity index (χ2v) is 8.96. The normalized spacial score (nSPS) is 20.2. The van der Waals surface area contributed by atoms with E-state index in [1.165, 1.54) is 4.68 Å². The smallest absolute Gasteiger partial charge is 0.257 e. The van der Waals surface area contributed by atoms with E-state index in [-0.39, 0.29) is 5.54 Å². The molecular formula is C21H24ClF2N5O. The Balaban J connectivity index is 1.41. The molecule has 2 aliphatic heterocycles. The Bertz CT molecular complexity index is 1050. The molecule has 3 aromatic rings. The van der Waals surface area contributed by atoms with Crippen LogP contribution in [-0.2, 0) is 11.3 Å². The van der Waals surface area contributed by atoms with Crippen LogP contribution in [0.5, 0.6) is 0 Å². The number of benzene rings is 1. The third kappa shape index (κ3) is 3.50. The van der Waals surface area contributed by atoms with E-state index >= 15 is 0 Å². The fraction of sp³-hybridized carbons (Fsp3) is 0.524. The Kier molecular flexibility index (Phi) is 5.03. The van der Waals surface area contributed by atoms with Gasteiger partial charge in [0.1, 0.15) is 12.2 Å². The molecule has 2 fully saturated rings. The summed E-state index contributed by atoms with van der Waals surface area (Å²) in [4.78, 5) is 2.53. The molecule has 30 heavy (non-hydrogen) atoms. The number of halogens is 3. The van der Waals surface area contributed by atoms with Gasteiger partial charge in [-0.2, -0.15) is 10.2 Å². The van der Waals surface area contributed by atoms with E-state index in [0.717, 1.165) is 60.6 Å². The van der Waals surface area contributed by atoms with Gasteiger partial charge in [0, 0.05) is 10.4 Å². The number of alkyl halides is 2. The van der Waals surface area contributed by atoms with Crippen molar-refractivity contribution in [1.82, 2.24) is 24.5 Å². The molecule has 0 saturated carbocycles. The molecule has 0 N–H and O–H groups in total. The molecule has 0 unspecified atom stereocenters. The molecule has 2 aliphatic rings. The van der Waals surface area contributed by atoms with Crippen LogP contribution in [0.2, 0.25) is 5.02 Å². The first-order valence-corrected chi connectivity index (χ1v) is 10.6. The van der Waals surface area contributed by atoms with Gasteiger partial charge in [-0.3, -0.25) is 9.58 Å². The summed E-state index contributed by atoms with van der Waals surface area (Å²) in [6, 6.07) is 4.05. The summed E-state index contributed by atoms with van der Waals surface area (Å²) in [5.41, 5.74) is 2.87. The number of fused-ring (bicyclic) bond motifs is 1. The molecule has 2 aromatic heterocycles. The van der Waals surface area contributed by atoms with Gasteiger partial charge in [-0.15, -0.1) is 0 Å². The van der Waals surface area contributed by atoms with E-state index < -0.39 is 13.0 Å². The monoisotopic (exact) mass is 435 g/mol. The summed E-state index contributed by atoms with van der Waals surface area (Å²) < 4.78 is 33.7. The summed E-state index contributed by atoms with van der Waals surface area (Å²) in [6.45, 7) is 5.50. The lowest BCUT2D eigenvalue weighted by molar-refractivity contribution is -0.136. The van der Waals surface area contributed by atoms with Crippen LogP contribution >= 0.6 is 11.6 Å². The van der Waals surface area contributed by atoms with Crippen LogP contribution in [0.25, 0.3) is 16.6 Å². The number of aromatic nitrogens is 4. The maximum atomic E-state index is 12.6. The Morgan fingerprint density at radius 3 is 2.63 bits per heavy atom. The van der Waals surface area contributed by atoms with Crippen molar-refractivity contribution in [2.24, 2.45) is 0 Å². The summed E-state index contributed by atoms with van der Waals surface area (Å²) in [5, 5.41) is 10.1. The van der Waals surface area contributed by atoms with Crippen LogP contribution in [0.3, 0.4) is 0 Å². The van der Waals surface area contributed by atoms with E-state index in [4.69, 9.17) is 16.3 Å². The summed E-state index contributed by atoms with van der Waals surface area (Å²) in [5.74, 6) is 0.382. The first-order chi connectivity index (χ1) is 14.4. The quantitative estimate of drug-likeness (QED) is 0.605. The zero-order valence-electron chi connectivity index (χ0n) is 16.8. The summed E-state index contributed by atoms with van der Waals surface area (Å²) in [7, 11) is 0. The SMILES string of the molecule is CC1(N2CCC(c3cc4c(cnn4-c4cnn(CC(F)F)c4)cc3Cl)CC2)COC1. The molecule has 1 aromatic carbocycles. The molecule has 0 atom stereocenters. The van der Waals surface area contributed by atoms with Crippen molar-refractivity contribution in [3.05, 3.63) is 41.3 Å². The molecule has 0 bridgehead atoms. The molecule has 6 nitrogen and oxygen atoms in total. The van der Waals surface area contributed by atoms with Crippen molar-refractivity contribution in [1.29, 1.82) is 0 Å². The minimum Gasteiger partial charge on any atom is -0.377 e. The van der Waals surface area contributed by atoms with Crippen LogP contribution in [0.15, 0.2) is 30.7 Å². The van der Waals surface area contributed by atoms with Crippen LogP contribution < -0.4 is 0 Å². The lowest BCUT2D eigenvalue weighted by Gasteiger charge is -2.50. The number of rotatable bonds is 5. The molecule has 4 heterocycles. The van der Waals surface area contributed by atoms with Crippen molar-refractivity contribution >= 4 is 22.5 Å². The van der Waals surface area contributed by atoms with E-state index in [1.54, 1.807) is 23.3 Å². The van der Waals surface area contributed by atoms with Crippen LogP contribution in [0.1, 0.15) is 31.2 Å². The molecule has 9 heteroatoms. The number of hydrogen-bond acceptors (Lipinski definition) is 4. The topological polar surface area (TPSA) is 48.1 Å². The molecular weight excluding hydrogens is 412 g/mol. The molecule has 0 radical (unpaired) electrons. The lowest BCUT2D eigenvalue weighted by Crippen LogP contribution is -2.61. The predicted octanol–water partition coefficient (Wildman–Crippen LogP) is 4.11. The van der Waals surface area contributed by atoms with Gasteiger partial charge < -0.3 is 4.74 Å². The van der Waals surface area contributed by atoms with E-state index in [1.807, 2.05) is 6.07 Å². The number of hydrogen-bond donors (Lipinski definition) is 0. The molecule has 0 amide bonds. The van der Waals surface area contributed by atoms with E-state index in [2.05, 4.69) is 28.1 Å².